The zero-order valence-electron chi connectivity index (χ0n) is 11.1. The molecule has 102 valence electrons. The van der Waals surface area contributed by atoms with Crippen LogP contribution in [0.3, 0.4) is 0 Å². The van der Waals surface area contributed by atoms with E-state index in [0.29, 0.717) is 4.88 Å². The first-order chi connectivity index (χ1) is 8.26. The van der Waals surface area contributed by atoms with Crippen molar-refractivity contribution in [2.24, 2.45) is 0 Å². The number of hydrogen-bond acceptors (Lipinski definition) is 4. The van der Waals surface area contributed by atoms with Gasteiger partial charge in [0.25, 0.3) is 5.91 Å². The summed E-state index contributed by atoms with van der Waals surface area (Å²) in [4.78, 5) is 15.3. The largest absolute Gasteiger partial charge is 0.337 e. The number of carbonyl (C=O) groups excluding carboxylic acids is 1. The standard InChI is InChI=1S/C12H19NO3S2/c1-5-18(15,16)8-9(2)13(4)12(14)11-7-6-10(3)17-11/h6-7,9H,5,8H2,1-4H3. The van der Waals surface area contributed by atoms with Crippen molar-refractivity contribution < 1.29 is 13.2 Å². The van der Waals surface area contributed by atoms with E-state index in [1.165, 1.54) is 16.2 Å². The minimum absolute atomic E-state index is 0.0100. The molecule has 4 nitrogen and oxygen atoms in total. The Morgan fingerprint density at radius 2 is 2.06 bits per heavy atom. The molecule has 1 heterocycles. The average Bonchev–Trinajstić information content (AvgIpc) is 2.73. The lowest BCUT2D eigenvalue weighted by molar-refractivity contribution is 0.0761. The summed E-state index contributed by atoms with van der Waals surface area (Å²) < 4.78 is 23.1. The van der Waals surface area contributed by atoms with E-state index in [-0.39, 0.29) is 23.5 Å². The van der Waals surface area contributed by atoms with Crippen LogP contribution in [0.5, 0.6) is 0 Å². The van der Waals surface area contributed by atoms with E-state index in [1.807, 2.05) is 13.0 Å². The fourth-order valence-corrected chi connectivity index (χ4v) is 3.57. The third-order valence-electron chi connectivity index (χ3n) is 2.87. The SMILES string of the molecule is CCS(=O)(=O)CC(C)N(C)C(=O)c1ccc(C)s1. The van der Waals surface area contributed by atoms with Gasteiger partial charge in [-0.05, 0) is 26.0 Å². The number of nitrogens with zero attached hydrogens (tertiary/aromatic N) is 1. The lowest BCUT2D eigenvalue weighted by Crippen LogP contribution is -2.39. The van der Waals surface area contributed by atoms with Crippen molar-refractivity contribution >= 4 is 27.1 Å². The zero-order chi connectivity index (χ0) is 13.9. The van der Waals surface area contributed by atoms with Crippen molar-refractivity contribution in [3.63, 3.8) is 0 Å². The molecule has 0 aliphatic heterocycles. The minimum atomic E-state index is -3.06. The maximum absolute atomic E-state index is 12.1. The smallest absolute Gasteiger partial charge is 0.263 e. The van der Waals surface area contributed by atoms with Crippen molar-refractivity contribution in [2.75, 3.05) is 18.6 Å². The lowest BCUT2D eigenvalue weighted by atomic mass is 10.3. The van der Waals surface area contributed by atoms with E-state index in [0.717, 1.165) is 4.88 Å². The van der Waals surface area contributed by atoms with E-state index < -0.39 is 9.84 Å². The highest BCUT2D eigenvalue weighted by molar-refractivity contribution is 7.91. The highest BCUT2D eigenvalue weighted by Gasteiger charge is 2.22. The van der Waals surface area contributed by atoms with Gasteiger partial charge in [0, 0.05) is 23.7 Å². The third-order valence-corrected chi connectivity index (χ3v) is 5.73. The predicted octanol–water partition coefficient (Wildman–Crippen LogP) is 1.95. The van der Waals surface area contributed by atoms with Crippen molar-refractivity contribution in [1.29, 1.82) is 0 Å². The Morgan fingerprint density at radius 1 is 1.44 bits per heavy atom. The number of rotatable bonds is 5. The molecule has 18 heavy (non-hydrogen) atoms. The molecule has 0 fully saturated rings. The van der Waals surface area contributed by atoms with Crippen LogP contribution in [-0.4, -0.2) is 43.8 Å². The Bertz CT molecular complexity index is 519. The summed E-state index contributed by atoms with van der Waals surface area (Å²) in [7, 11) is -1.42. The topological polar surface area (TPSA) is 54.5 Å². The molecule has 0 aromatic carbocycles. The van der Waals surface area contributed by atoms with Gasteiger partial charge < -0.3 is 4.90 Å². The van der Waals surface area contributed by atoms with Crippen molar-refractivity contribution in [3.8, 4) is 0 Å². The summed E-state index contributed by atoms with van der Waals surface area (Å²) in [5.74, 6) is 0.0000207. The second-order valence-corrected chi connectivity index (χ2v) is 8.06. The van der Waals surface area contributed by atoms with Gasteiger partial charge in [-0.1, -0.05) is 6.92 Å². The normalized spacial score (nSPS) is 13.3. The van der Waals surface area contributed by atoms with Crippen molar-refractivity contribution in [1.82, 2.24) is 4.90 Å². The monoisotopic (exact) mass is 289 g/mol. The molecular formula is C12H19NO3S2. The minimum Gasteiger partial charge on any atom is -0.337 e. The molecule has 0 aliphatic carbocycles. The van der Waals surface area contributed by atoms with E-state index in [1.54, 1.807) is 27.0 Å². The third kappa shape index (κ3) is 3.81. The highest BCUT2D eigenvalue weighted by Crippen LogP contribution is 2.18. The molecule has 1 unspecified atom stereocenters. The van der Waals surface area contributed by atoms with Gasteiger partial charge in [0.1, 0.15) is 0 Å². The van der Waals surface area contributed by atoms with Gasteiger partial charge in [-0.2, -0.15) is 0 Å². The molecule has 0 spiro atoms. The van der Waals surface area contributed by atoms with Crippen LogP contribution < -0.4 is 0 Å². The van der Waals surface area contributed by atoms with Crippen molar-refractivity contribution in [3.05, 3.63) is 21.9 Å². The summed E-state index contributed by atoms with van der Waals surface area (Å²) >= 11 is 1.42. The van der Waals surface area contributed by atoms with Gasteiger partial charge >= 0.3 is 0 Å². The molecule has 1 rings (SSSR count). The van der Waals surface area contributed by atoms with Gasteiger partial charge in [0.15, 0.2) is 9.84 Å². The van der Waals surface area contributed by atoms with E-state index >= 15 is 0 Å². The summed E-state index contributed by atoms with van der Waals surface area (Å²) in [5, 5.41) is 0. The van der Waals surface area contributed by atoms with Gasteiger partial charge in [0.2, 0.25) is 0 Å². The van der Waals surface area contributed by atoms with Gasteiger partial charge in [-0.3, -0.25) is 4.79 Å². The second kappa shape index (κ2) is 5.84. The molecule has 0 N–H and O–H groups in total. The van der Waals surface area contributed by atoms with Crippen molar-refractivity contribution in [2.45, 2.75) is 26.8 Å². The summed E-state index contributed by atoms with van der Waals surface area (Å²) in [5.41, 5.74) is 0. The molecule has 1 atom stereocenters. The molecule has 6 heteroatoms. The molecule has 0 radical (unpaired) electrons. The van der Waals surface area contributed by atoms with Crippen LogP contribution in [0.4, 0.5) is 0 Å². The fraction of sp³-hybridized carbons (Fsp3) is 0.583. The summed E-state index contributed by atoms with van der Waals surface area (Å²) in [6, 6.07) is 3.35. The Morgan fingerprint density at radius 3 is 2.50 bits per heavy atom. The van der Waals surface area contributed by atoms with Crippen LogP contribution in [0.2, 0.25) is 0 Å². The van der Waals surface area contributed by atoms with Gasteiger partial charge in [-0.15, -0.1) is 11.3 Å². The van der Waals surface area contributed by atoms with Gasteiger partial charge in [0.05, 0.1) is 10.6 Å². The van der Waals surface area contributed by atoms with Crippen LogP contribution in [0.25, 0.3) is 0 Å². The molecular weight excluding hydrogens is 270 g/mol. The van der Waals surface area contributed by atoms with Crippen LogP contribution in [0, 0.1) is 6.92 Å². The molecule has 0 saturated heterocycles. The fourth-order valence-electron chi connectivity index (χ4n) is 1.52. The molecule has 0 bridgehead atoms. The maximum Gasteiger partial charge on any atom is 0.263 e. The van der Waals surface area contributed by atoms with Gasteiger partial charge in [-0.25, -0.2) is 8.42 Å². The predicted molar refractivity (Wildman–Crippen MR) is 74.9 cm³/mol. The molecule has 1 amide bonds. The average molecular weight is 289 g/mol. The quantitative estimate of drug-likeness (QED) is 0.832. The summed E-state index contributed by atoms with van der Waals surface area (Å²) in [6.45, 7) is 5.31. The van der Waals surface area contributed by atoms with E-state index in [9.17, 15) is 13.2 Å². The number of carbonyl (C=O) groups is 1. The number of thiophene rings is 1. The van der Waals surface area contributed by atoms with E-state index in [2.05, 4.69) is 0 Å². The molecule has 0 aliphatic rings. The second-order valence-electron chi connectivity index (χ2n) is 4.37. The number of amides is 1. The lowest BCUT2D eigenvalue weighted by Gasteiger charge is -2.24. The number of hydrogen-bond donors (Lipinski definition) is 0. The van der Waals surface area contributed by atoms with E-state index in [4.69, 9.17) is 0 Å². The Kier molecular flexibility index (Phi) is 4.92. The van der Waals surface area contributed by atoms with Crippen LogP contribution in [-0.2, 0) is 9.84 Å². The first-order valence-electron chi connectivity index (χ1n) is 5.81. The first kappa shape index (κ1) is 15.2. The Hall–Kier alpha value is -0.880. The molecule has 1 aromatic heterocycles. The zero-order valence-corrected chi connectivity index (χ0v) is 12.8. The molecule has 0 saturated carbocycles. The highest BCUT2D eigenvalue weighted by atomic mass is 32.2. The molecule has 1 aromatic rings. The van der Waals surface area contributed by atoms with Crippen LogP contribution >= 0.6 is 11.3 Å². The Labute approximate surface area is 113 Å². The number of sulfone groups is 1. The first-order valence-corrected chi connectivity index (χ1v) is 8.44. The van der Waals surface area contributed by atoms with Crippen LogP contribution in [0.15, 0.2) is 12.1 Å². The summed E-state index contributed by atoms with van der Waals surface area (Å²) in [6.07, 6.45) is 0. The van der Waals surface area contributed by atoms with Crippen LogP contribution in [0.1, 0.15) is 28.4 Å². The maximum atomic E-state index is 12.1. The number of aryl methyl sites for hydroxylation is 1. The Balaban J connectivity index is 2.75.